The van der Waals surface area contributed by atoms with Crippen LogP contribution in [0.15, 0.2) is 0 Å². The molecule has 46 valence electrons. The Hall–Kier alpha value is 1.11. The van der Waals surface area contributed by atoms with Gasteiger partial charge in [-0.05, 0) is 6.42 Å². The number of ketones is 1. The minimum absolute atomic E-state index is 0.0567. The third-order valence-corrected chi connectivity index (χ3v) is 3.25. The van der Waals surface area contributed by atoms with E-state index < -0.39 is 3.23 Å². The summed E-state index contributed by atoms with van der Waals surface area (Å²) in [6.07, 6.45) is 0.825. The molecular formula is C4H3Br3O. The lowest BCUT2D eigenvalue weighted by Crippen LogP contribution is -2.46. The lowest BCUT2D eigenvalue weighted by molar-refractivity contribution is -0.122. The molecule has 1 aliphatic rings. The summed E-state index contributed by atoms with van der Waals surface area (Å²) >= 11 is 9.61. The highest BCUT2D eigenvalue weighted by atomic mass is 79.9. The summed E-state index contributed by atoms with van der Waals surface area (Å²) in [5.41, 5.74) is 0. The number of halogens is 3. The van der Waals surface area contributed by atoms with Gasteiger partial charge >= 0.3 is 0 Å². The Balaban J connectivity index is 2.61. The van der Waals surface area contributed by atoms with Crippen molar-refractivity contribution in [1.29, 1.82) is 0 Å². The molecule has 1 aliphatic carbocycles. The maximum absolute atomic E-state index is 10.7. The van der Waals surface area contributed by atoms with Crippen LogP contribution < -0.4 is 0 Å². The van der Waals surface area contributed by atoms with Crippen molar-refractivity contribution in [2.24, 2.45) is 0 Å². The van der Waals surface area contributed by atoms with Crippen LogP contribution in [0.5, 0.6) is 0 Å². The molecule has 0 bridgehead atoms. The van der Waals surface area contributed by atoms with Gasteiger partial charge in [0.1, 0.15) is 3.23 Å². The third-order valence-electron chi connectivity index (χ3n) is 1.08. The molecule has 1 rings (SSSR count). The van der Waals surface area contributed by atoms with Gasteiger partial charge in [0.15, 0.2) is 5.78 Å². The van der Waals surface area contributed by atoms with Crippen LogP contribution >= 0.6 is 47.8 Å². The van der Waals surface area contributed by atoms with Gasteiger partial charge in [-0.1, -0.05) is 47.8 Å². The Labute approximate surface area is 72.6 Å². The van der Waals surface area contributed by atoms with E-state index in [-0.39, 0.29) is 10.6 Å². The number of carbonyl (C=O) groups is 1. The number of alkyl halides is 3. The van der Waals surface area contributed by atoms with Gasteiger partial charge in [0.2, 0.25) is 0 Å². The second kappa shape index (κ2) is 2.06. The standard InChI is InChI=1S/C4H3Br3O/c5-2-1-4(6,7)3(2)8/h2H,1H2. The van der Waals surface area contributed by atoms with Crippen molar-refractivity contribution in [2.45, 2.75) is 14.5 Å². The quantitative estimate of drug-likeness (QED) is 0.627. The van der Waals surface area contributed by atoms with Crippen molar-refractivity contribution in [3.05, 3.63) is 0 Å². The first kappa shape index (κ1) is 7.22. The Kier molecular flexibility index (Phi) is 1.86. The van der Waals surface area contributed by atoms with Crippen molar-refractivity contribution in [3.8, 4) is 0 Å². The first-order chi connectivity index (χ1) is 3.54. The molecule has 0 amide bonds. The van der Waals surface area contributed by atoms with Gasteiger partial charge in [-0.25, -0.2) is 0 Å². The molecule has 0 aromatic heterocycles. The van der Waals surface area contributed by atoms with Crippen LogP contribution in [0.25, 0.3) is 0 Å². The second-order valence-corrected chi connectivity index (χ2v) is 6.62. The summed E-state index contributed by atoms with van der Waals surface area (Å²) < 4.78 is -0.409. The fourth-order valence-corrected chi connectivity index (χ4v) is 4.08. The first-order valence-corrected chi connectivity index (χ1v) is 4.60. The van der Waals surface area contributed by atoms with E-state index in [4.69, 9.17) is 0 Å². The van der Waals surface area contributed by atoms with Gasteiger partial charge < -0.3 is 0 Å². The Morgan fingerprint density at radius 1 is 1.62 bits per heavy atom. The SMILES string of the molecule is O=C1C(Br)CC1(Br)Br. The number of hydrogen-bond donors (Lipinski definition) is 0. The van der Waals surface area contributed by atoms with Crippen molar-refractivity contribution in [1.82, 2.24) is 0 Å². The summed E-state index contributed by atoms with van der Waals surface area (Å²) in [7, 11) is 0. The molecule has 0 aliphatic heterocycles. The number of carbonyl (C=O) groups excluding carboxylic acids is 1. The van der Waals surface area contributed by atoms with Crippen molar-refractivity contribution in [2.75, 3.05) is 0 Å². The van der Waals surface area contributed by atoms with E-state index >= 15 is 0 Å². The van der Waals surface area contributed by atoms with Crippen molar-refractivity contribution >= 4 is 53.6 Å². The summed E-state index contributed by atoms with van der Waals surface area (Å²) in [5.74, 6) is 0.178. The highest BCUT2D eigenvalue weighted by Gasteiger charge is 2.48. The summed E-state index contributed by atoms with van der Waals surface area (Å²) in [6, 6.07) is 0. The molecule has 0 aromatic carbocycles. The maximum atomic E-state index is 10.7. The van der Waals surface area contributed by atoms with E-state index in [1.54, 1.807) is 0 Å². The van der Waals surface area contributed by atoms with Crippen LogP contribution in [-0.4, -0.2) is 13.8 Å². The number of hydrogen-bond acceptors (Lipinski definition) is 1. The lowest BCUT2D eigenvalue weighted by Gasteiger charge is -2.32. The van der Waals surface area contributed by atoms with E-state index in [1.165, 1.54) is 0 Å². The second-order valence-electron chi connectivity index (χ2n) is 1.74. The number of rotatable bonds is 0. The van der Waals surface area contributed by atoms with Gasteiger partial charge in [-0.2, -0.15) is 0 Å². The Morgan fingerprint density at radius 3 is 2.12 bits per heavy atom. The smallest absolute Gasteiger partial charge is 0.173 e. The topological polar surface area (TPSA) is 17.1 Å². The van der Waals surface area contributed by atoms with E-state index in [0.717, 1.165) is 6.42 Å². The highest BCUT2D eigenvalue weighted by Crippen LogP contribution is 2.45. The van der Waals surface area contributed by atoms with Crippen LogP contribution in [0.4, 0.5) is 0 Å². The minimum Gasteiger partial charge on any atom is -0.296 e. The van der Waals surface area contributed by atoms with Gasteiger partial charge in [0, 0.05) is 0 Å². The molecule has 1 atom stereocenters. The van der Waals surface area contributed by atoms with Crippen LogP contribution in [0, 0.1) is 0 Å². The van der Waals surface area contributed by atoms with Crippen molar-refractivity contribution in [3.63, 3.8) is 0 Å². The zero-order valence-electron chi connectivity index (χ0n) is 3.83. The molecule has 0 radical (unpaired) electrons. The summed E-state index contributed by atoms with van der Waals surface area (Å²) in [6.45, 7) is 0. The van der Waals surface area contributed by atoms with E-state index in [9.17, 15) is 4.79 Å². The zero-order valence-corrected chi connectivity index (χ0v) is 8.58. The molecule has 4 heteroatoms. The average Bonchev–Trinajstić information content (AvgIpc) is 1.65. The monoisotopic (exact) mass is 304 g/mol. The predicted octanol–water partition coefficient (Wildman–Crippen LogP) is 2.21. The molecule has 0 aromatic rings. The van der Waals surface area contributed by atoms with Crippen LogP contribution in [0.2, 0.25) is 0 Å². The minimum atomic E-state index is -0.409. The summed E-state index contributed by atoms with van der Waals surface area (Å²) in [5, 5.41) is 0. The van der Waals surface area contributed by atoms with E-state index in [2.05, 4.69) is 47.8 Å². The van der Waals surface area contributed by atoms with Gasteiger partial charge in [0.05, 0.1) is 4.83 Å². The fraction of sp³-hybridized carbons (Fsp3) is 0.750. The molecule has 8 heavy (non-hydrogen) atoms. The molecule has 1 fully saturated rings. The summed E-state index contributed by atoms with van der Waals surface area (Å²) in [4.78, 5) is 10.8. The van der Waals surface area contributed by atoms with Gasteiger partial charge in [0.25, 0.3) is 0 Å². The lowest BCUT2D eigenvalue weighted by atomic mass is 9.98. The van der Waals surface area contributed by atoms with Crippen molar-refractivity contribution < 1.29 is 4.79 Å². The maximum Gasteiger partial charge on any atom is 0.173 e. The molecule has 0 N–H and O–H groups in total. The van der Waals surface area contributed by atoms with Crippen LogP contribution in [0.1, 0.15) is 6.42 Å². The molecular weight excluding hydrogens is 304 g/mol. The number of Topliss-reactive ketones (excluding diaryl/α,β-unsaturated/α-hetero) is 1. The highest BCUT2D eigenvalue weighted by molar-refractivity contribution is 9.26. The Bertz CT molecular complexity index is 131. The van der Waals surface area contributed by atoms with Gasteiger partial charge in [-0.15, -0.1) is 0 Å². The Morgan fingerprint density at radius 2 is 2.12 bits per heavy atom. The molecule has 0 saturated heterocycles. The third kappa shape index (κ3) is 1.02. The van der Waals surface area contributed by atoms with Crippen LogP contribution in [0.3, 0.4) is 0 Å². The molecule has 1 unspecified atom stereocenters. The van der Waals surface area contributed by atoms with E-state index in [0.29, 0.717) is 0 Å². The fourth-order valence-electron chi connectivity index (χ4n) is 0.516. The first-order valence-electron chi connectivity index (χ1n) is 2.10. The van der Waals surface area contributed by atoms with Gasteiger partial charge in [-0.3, -0.25) is 4.79 Å². The van der Waals surface area contributed by atoms with E-state index in [1.807, 2.05) is 0 Å². The predicted molar refractivity (Wildman–Crippen MR) is 42.9 cm³/mol. The average molecular weight is 307 g/mol. The molecule has 0 heterocycles. The molecule has 1 nitrogen and oxygen atoms in total. The molecule has 0 spiro atoms. The zero-order chi connectivity index (χ0) is 6.36. The largest absolute Gasteiger partial charge is 0.296 e. The normalized spacial score (nSPS) is 34.4. The molecule has 1 saturated carbocycles. The van der Waals surface area contributed by atoms with Crippen LogP contribution in [-0.2, 0) is 4.79 Å².